The van der Waals surface area contributed by atoms with Crippen LogP contribution in [0.15, 0.2) is 54.6 Å². The van der Waals surface area contributed by atoms with E-state index < -0.39 is 0 Å². The first-order valence-electron chi connectivity index (χ1n) is 8.91. The molecule has 0 bridgehead atoms. The fourth-order valence-corrected chi connectivity index (χ4v) is 3.45. The number of ether oxygens (including phenoxy) is 1. The number of urea groups is 1. The first kappa shape index (κ1) is 17.5. The third kappa shape index (κ3) is 4.60. The normalized spacial score (nSPS) is 15.2. The van der Waals surface area contributed by atoms with Crippen LogP contribution in [0.25, 0.3) is 0 Å². The van der Waals surface area contributed by atoms with Gasteiger partial charge in [-0.05, 0) is 35.4 Å². The number of carbonyl (C=O) groups is 1. The molecule has 2 aromatic rings. The molecule has 1 heterocycles. The maximum atomic E-state index is 12.5. The van der Waals surface area contributed by atoms with Gasteiger partial charge in [-0.2, -0.15) is 0 Å². The van der Waals surface area contributed by atoms with Gasteiger partial charge in [-0.25, -0.2) is 4.79 Å². The summed E-state index contributed by atoms with van der Waals surface area (Å²) in [5.41, 5.74) is 3.61. The van der Waals surface area contributed by atoms with Crippen molar-refractivity contribution in [1.82, 2.24) is 10.2 Å². The topological polar surface area (TPSA) is 41.6 Å². The lowest BCUT2D eigenvalue weighted by Crippen LogP contribution is -2.43. The largest absolute Gasteiger partial charge is 0.380 e. The van der Waals surface area contributed by atoms with Crippen molar-refractivity contribution < 1.29 is 9.53 Å². The molecule has 2 amide bonds. The lowest BCUT2D eigenvalue weighted by Gasteiger charge is -2.32. The Bertz CT molecular complexity index is 679. The number of rotatable bonds is 5. The molecule has 25 heavy (non-hydrogen) atoms. The highest BCUT2D eigenvalue weighted by atomic mass is 16.5. The molecule has 0 aliphatic carbocycles. The third-order valence-corrected chi connectivity index (χ3v) is 4.90. The van der Waals surface area contributed by atoms with Crippen molar-refractivity contribution in [2.45, 2.75) is 31.9 Å². The summed E-state index contributed by atoms with van der Waals surface area (Å²) in [6.07, 6.45) is 2.05. The predicted molar refractivity (Wildman–Crippen MR) is 99.4 cm³/mol. The zero-order valence-electron chi connectivity index (χ0n) is 14.8. The number of hydrogen-bond donors (Lipinski definition) is 1. The van der Waals surface area contributed by atoms with Gasteiger partial charge in [-0.15, -0.1) is 0 Å². The molecule has 0 atom stereocenters. The number of piperidine rings is 1. The van der Waals surface area contributed by atoms with Crippen molar-refractivity contribution in [2.24, 2.45) is 0 Å². The lowest BCUT2D eigenvalue weighted by molar-refractivity contribution is 0.179. The van der Waals surface area contributed by atoms with Gasteiger partial charge >= 0.3 is 6.03 Å². The summed E-state index contributed by atoms with van der Waals surface area (Å²) < 4.78 is 5.22. The Morgan fingerprint density at radius 2 is 1.68 bits per heavy atom. The van der Waals surface area contributed by atoms with E-state index in [1.807, 2.05) is 35.2 Å². The van der Waals surface area contributed by atoms with Gasteiger partial charge in [0.25, 0.3) is 0 Å². The van der Waals surface area contributed by atoms with Crippen LogP contribution in [-0.4, -0.2) is 31.1 Å². The van der Waals surface area contributed by atoms with Crippen molar-refractivity contribution in [2.75, 3.05) is 20.2 Å². The minimum absolute atomic E-state index is 0.0266. The molecule has 1 fully saturated rings. The molecule has 4 heteroatoms. The van der Waals surface area contributed by atoms with Gasteiger partial charge in [0.1, 0.15) is 0 Å². The van der Waals surface area contributed by atoms with E-state index in [1.54, 1.807) is 7.11 Å². The molecule has 0 aromatic heterocycles. The fourth-order valence-electron chi connectivity index (χ4n) is 3.45. The van der Waals surface area contributed by atoms with Crippen molar-refractivity contribution >= 4 is 6.03 Å². The van der Waals surface area contributed by atoms with Crippen LogP contribution in [0.4, 0.5) is 4.79 Å². The molecule has 2 aromatic carbocycles. The fraction of sp³-hybridized carbons (Fsp3) is 0.381. The number of likely N-dealkylation sites (tertiary alicyclic amines) is 1. The summed E-state index contributed by atoms with van der Waals surface area (Å²) in [6.45, 7) is 2.72. The van der Waals surface area contributed by atoms with Gasteiger partial charge in [0.05, 0.1) is 6.61 Å². The van der Waals surface area contributed by atoms with Gasteiger partial charge in [-0.3, -0.25) is 0 Å². The average molecular weight is 338 g/mol. The Kier molecular flexibility index (Phi) is 6.07. The molecule has 3 rings (SSSR count). The molecule has 4 nitrogen and oxygen atoms in total. The first-order chi connectivity index (χ1) is 12.3. The Morgan fingerprint density at radius 3 is 2.36 bits per heavy atom. The Labute approximate surface area is 149 Å². The number of benzene rings is 2. The SMILES string of the molecule is COCc1ccccc1CNC(=O)N1CCC(c2ccccc2)CC1. The van der Waals surface area contributed by atoms with Gasteiger partial charge in [0, 0.05) is 26.7 Å². The first-order valence-corrected chi connectivity index (χ1v) is 8.91. The molecule has 132 valence electrons. The maximum Gasteiger partial charge on any atom is 0.317 e. The van der Waals surface area contributed by atoms with Gasteiger partial charge in [-0.1, -0.05) is 54.6 Å². The number of hydrogen-bond acceptors (Lipinski definition) is 2. The summed E-state index contributed by atoms with van der Waals surface area (Å²) in [7, 11) is 1.69. The van der Waals surface area contributed by atoms with Gasteiger partial charge in [0.15, 0.2) is 0 Å². The zero-order chi connectivity index (χ0) is 17.5. The highest BCUT2D eigenvalue weighted by Crippen LogP contribution is 2.27. The van der Waals surface area contributed by atoms with Crippen LogP contribution in [0.1, 0.15) is 35.4 Å². The van der Waals surface area contributed by atoms with Crippen LogP contribution in [0.3, 0.4) is 0 Å². The van der Waals surface area contributed by atoms with Crippen LogP contribution >= 0.6 is 0 Å². The molecule has 0 radical (unpaired) electrons. The molecule has 1 saturated heterocycles. The second-order valence-electron chi connectivity index (χ2n) is 6.53. The van der Waals surface area contributed by atoms with E-state index in [-0.39, 0.29) is 6.03 Å². The van der Waals surface area contributed by atoms with E-state index in [9.17, 15) is 4.79 Å². The summed E-state index contributed by atoms with van der Waals surface area (Å²) in [5, 5.41) is 3.05. The third-order valence-electron chi connectivity index (χ3n) is 4.90. The van der Waals surface area contributed by atoms with Crippen molar-refractivity contribution in [1.29, 1.82) is 0 Å². The minimum Gasteiger partial charge on any atom is -0.380 e. The number of nitrogens with zero attached hydrogens (tertiary/aromatic N) is 1. The Morgan fingerprint density at radius 1 is 1.04 bits per heavy atom. The summed E-state index contributed by atoms with van der Waals surface area (Å²) >= 11 is 0. The smallest absolute Gasteiger partial charge is 0.317 e. The predicted octanol–water partition coefficient (Wildman–Crippen LogP) is 3.92. The van der Waals surface area contributed by atoms with E-state index in [0.29, 0.717) is 19.1 Å². The summed E-state index contributed by atoms with van der Waals surface area (Å²) in [6, 6.07) is 18.7. The van der Waals surface area contributed by atoms with Crippen molar-refractivity contribution in [3.63, 3.8) is 0 Å². The molecule has 1 aliphatic rings. The molecule has 1 N–H and O–H groups in total. The number of methoxy groups -OCH3 is 1. The monoisotopic (exact) mass is 338 g/mol. The quantitative estimate of drug-likeness (QED) is 0.898. The molecular formula is C21H26N2O2. The second kappa shape index (κ2) is 8.67. The van der Waals surface area contributed by atoms with E-state index in [2.05, 4.69) is 29.6 Å². The highest BCUT2D eigenvalue weighted by Gasteiger charge is 2.23. The zero-order valence-corrected chi connectivity index (χ0v) is 14.8. The van der Waals surface area contributed by atoms with Crippen LogP contribution in [0.2, 0.25) is 0 Å². The highest BCUT2D eigenvalue weighted by molar-refractivity contribution is 5.74. The van der Waals surface area contributed by atoms with Crippen molar-refractivity contribution in [3.8, 4) is 0 Å². The number of carbonyl (C=O) groups excluding carboxylic acids is 1. The van der Waals surface area contributed by atoms with E-state index in [1.165, 1.54) is 5.56 Å². The second-order valence-corrected chi connectivity index (χ2v) is 6.53. The van der Waals surface area contributed by atoms with Crippen LogP contribution in [-0.2, 0) is 17.9 Å². The molecular weight excluding hydrogens is 312 g/mol. The van der Waals surface area contributed by atoms with Crippen molar-refractivity contribution in [3.05, 3.63) is 71.3 Å². The summed E-state index contributed by atoms with van der Waals surface area (Å²) in [5.74, 6) is 0.563. The molecule has 0 saturated carbocycles. The van der Waals surface area contributed by atoms with Crippen LogP contribution in [0.5, 0.6) is 0 Å². The minimum atomic E-state index is 0.0266. The maximum absolute atomic E-state index is 12.5. The average Bonchev–Trinajstić information content (AvgIpc) is 2.68. The van der Waals surface area contributed by atoms with E-state index in [4.69, 9.17) is 4.74 Å². The number of amides is 2. The van der Waals surface area contributed by atoms with Gasteiger partial charge < -0.3 is 15.0 Å². The molecule has 0 spiro atoms. The Balaban J connectivity index is 1.50. The molecule has 0 unspecified atom stereocenters. The Hall–Kier alpha value is -2.33. The number of nitrogens with one attached hydrogen (secondary N) is 1. The molecule has 1 aliphatic heterocycles. The van der Waals surface area contributed by atoms with E-state index >= 15 is 0 Å². The van der Waals surface area contributed by atoms with Crippen LogP contribution < -0.4 is 5.32 Å². The summed E-state index contributed by atoms with van der Waals surface area (Å²) in [4.78, 5) is 14.4. The van der Waals surface area contributed by atoms with Crippen LogP contribution in [0, 0.1) is 0 Å². The van der Waals surface area contributed by atoms with E-state index in [0.717, 1.165) is 37.1 Å². The standard InChI is InChI=1S/C21H26N2O2/c1-25-16-20-10-6-5-9-19(20)15-22-21(24)23-13-11-18(12-14-23)17-7-3-2-4-8-17/h2-10,18H,11-16H2,1H3,(H,22,24). The lowest BCUT2D eigenvalue weighted by atomic mass is 9.90. The van der Waals surface area contributed by atoms with Gasteiger partial charge in [0.2, 0.25) is 0 Å².